The number of amidine groups is 1. The Balaban J connectivity index is 2.05. The van der Waals surface area contributed by atoms with Crippen molar-refractivity contribution in [2.24, 2.45) is 10.9 Å². The molecule has 2 aliphatic heterocycles. The number of thioether (sulfide) groups is 2. The molecule has 27 heavy (non-hydrogen) atoms. The van der Waals surface area contributed by atoms with Crippen molar-refractivity contribution in [3.05, 3.63) is 41.1 Å². The van der Waals surface area contributed by atoms with Gasteiger partial charge in [0.1, 0.15) is 0 Å². The number of amides is 1. The van der Waals surface area contributed by atoms with E-state index in [1.807, 2.05) is 58.2 Å². The van der Waals surface area contributed by atoms with Gasteiger partial charge in [-0.3, -0.25) is 9.69 Å². The summed E-state index contributed by atoms with van der Waals surface area (Å²) in [5.74, 6) is -0.194. The third-order valence-electron chi connectivity index (χ3n) is 4.46. The van der Waals surface area contributed by atoms with Gasteiger partial charge in [0.2, 0.25) is 5.91 Å². The molecule has 0 radical (unpaired) electrons. The van der Waals surface area contributed by atoms with Crippen LogP contribution in [0.15, 0.2) is 45.4 Å². The molecule has 2 aliphatic rings. The molecular weight excluding hydrogens is 380 g/mol. The Labute approximate surface area is 168 Å². The van der Waals surface area contributed by atoms with Gasteiger partial charge in [0.25, 0.3) is 0 Å². The molecule has 0 bridgehead atoms. The molecule has 144 valence electrons. The molecule has 0 spiro atoms. The van der Waals surface area contributed by atoms with Crippen molar-refractivity contribution in [3.63, 3.8) is 0 Å². The number of esters is 1. The number of allylic oxidation sites excluding steroid dienone is 1. The van der Waals surface area contributed by atoms with Gasteiger partial charge in [-0.1, -0.05) is 37.7 Å². The van der Waals surface area contributed by atoms with Crippen molar-refractivity contribution in [1.29, 1.82) is 0 Å². The minimum atomic E-state index is -0.502. The van der Waals surface area contributed by atoms with Crippen LogP contribution in [0.4, 0.5) is 0 Å². The molecule has 1 amide bonds. The van der Waals surface area contributed by atoms with E-state index in [1.54, 1.807) is 16.7 Å². The second kappa shape index (κ2) is 8.10. The van der Waals surface area contributed by atoms with E-state index in [2.05, 4.69) is 4.99 Å². The number of carbonyl (C=O) groups excluding carboxylic acids is 2. The first kappa shape index (κ1) is 20.0. The maximum Gasteiger partial charge on any atom is 0.338 e. The maximum atomic E-state index is 12.9. The molecule has 5 nitrogen and oxygen atoms in total. The van der Waals surface area contributed by atoms with Crippen LogP contribution >= 0.6 is 23.5 Å². The minimum absolute atomic E-state index is 0.0284. The second-order valence-corrected chi connectivity index (χ2v) is 9.22. The normalized spacial score (nSPS) is 22.2. The molecule has 0 aliphatic carbocycles. The number of ether oxygens (including phenoxy) is 1. The lowest BCUT2D eigenvalue weighted by Gasteiger charge is -2.33. The standard InChI is InChI=1S/C20H24N2O3S2/c1-11(2)10-25-19(24)16-12(3)21-20-22(18(23)13(4)27-20)17(16)14-6-8-15(26-5)9-7-14/h6-9,11,13,17H,10H2,1-5H3. The zero-order chi connectivity index (χ0) is 19.7. The topological polar surface area (TPSA) is 59.0 Å². The molecule has 2 heterocycles. The molecule has 0 aromatic heterocycles. The summed E-state index contributed by atoms with van der Waals surface area (Å²) in [4.78, 5) is 33.1. The lowest BCUT2D eigenvalue weighted by molar-refractivity contribution is -0.141. The first-order valence-corrected chi connectivity index (χ1v) is 11.0. The number of aliphatic imine (C=N–C) groups is 1. The predicted octanol–water partition coefficient (Wildman–Crippen LogP) is 4.26. The van der Waals surface area contributed by atoms with Crippen molar-refractivity contribution in [2.75, 3.05) is 12.9 Å². The van der Waals surface area contributed by atoms with Gasteiger partial charge in [-0.25, -0.2) is 9.79 Å². The van der Waals surface area contributed by atoms with Crippen LogP contribution in [0.2, 0.25) is 0 Å². The summed E-state index contributed by atoms with van der Waals surface area (Å²) in [7, 11) is 0. The van der Waals surface area contributed by atoms with Crippen molar-refractivity contribution in [1.82, 2.24) is 4.90 Å². The molecule has 1 saturated heterocycles. The van der Waals surface area contributed by atoms with Crippen LogP contribution in [0.25, 0.3) is 0 Å². The Bertz CT molecular complexity index is 815. The van der Waals surface area contributed by atoms with Gasteiger partial charge in [-0.05, 0) is 43.7 Å². The zero-order valence-electron chi connectivity index (χ0n) is 16.2. The summed E-state index contributed by atoms with van der Waals surface area (Å²) in [6, 6.07) is 7.47. The fraction of sp³-hybridized carbons (Fsp3) is 0.450. The molecule has 2 unspecified atom stereocenters. The van der Waals surface area contributed by atoms with Crippen LogP contribution in [-0.2, 0) is 14.3 Å². The van der Waals surface area contributed by atoms with Gasteiger partial charge in [0.15, 0.2) is 5.17 Å². The largest absolute Gasteiger partial charge is 0.462 e. The quantitative estimate of drug-likeness (QED) is 0.542. The smallest absolute Gasteiger partial charge is 0.338 e. The first-order chi connectivity index (χ1) is 12.8. The number of rotatable bonds is 5. The lowest BCUT2D eigenvalue weighted by Crippen LogP contribution is -2.40. The van der Waals surface area contributed by atoms with Gasteiger partial charge < -0.3 is 4.74 Å². The Morgan fingerprint density at radius 2 is 2.00 bits per heavy atom. The summed E-state index contributed by atoms with van der Waals surface area (Å²) in [5.41, 5.74) is 1.95. The Morgan fingerprint density at radius 1 is 1.33 bits per heavy atom. The van der Waals surface area contributed by atoms with Gasteiger partial charge in [0.05, 0.1) is 29.2 Å². The number of hydrogen-bond acceptors (Lipinski definition) is 6. The molecule has 3 rings (SSSR count). The number of fused-ring (bicyclic) bond motifs is 1. The predicted molar refractivity (Wildman–Crippen MR) is 111 cm³/mol. The number of benzene rings is 1. The zero-order valence-corrected chi connectivity index (χ0v) is 17.8. The number of nitrogens with zero attached hydrogens (tertiary/aromatic N) is 2. The van der Waals surface area contributed by atoms with Gasteiger partial charge >= 0.3 is 5.97 Å². The maximum absolute atomic E-state index is 12.9. The van der Waals surface area contributed by atoms with E-state index < -0.39 is 12.0 Å². The highest BCUT2D eigenvalue weighted by Gasteiger charge is 2.46. The SMILES string of the molecule is CSc1ccc(C2C(C(=O)OCC(C)C)=C(C)N=C3SC(C)C(=O)N32)cc1. The van der Waals surface area contributed by atoms with Crippen LogP contribution in [0.3, 0.4) is 0 Å². The summed E-state index contributed by atoms with van der Waals surface area (Å²) < 4.78 is 5.51. The molecule has 1 fully saturated rings. The Morgan fingerprint density at radius 3 is 2.59 bits per heavy atom. The molecular formula is C20H24N2O3S2. The van der Waals surface area contributed by atoms with Crippen LogP contribution in [0.5, 0.6) is 0 Å². The lowest BCUT2D eigenvalue weighted by atomic mass is 9.94. The first-order valence-electron chi connectivity index (χ1n) is 8.93. The fourth-order valence-electron chi connectivity index (χ4n) is 3.09. The van der Waals surface area contributed by atoms with Gasteiger partial charge in [0, 0.05) is 4.90 Å². The van der Waals surface area contributed by atoms with E-state index in [1.165, 1.54) is 11.8 Å². The van der Waals surface area contributed by atoms with E-state index >= 15 is 0 Å². The third kappa shape index (κ3) is 3.94. The average molecular weight is 405 g/mol. The summed E-state index contributed by atoms with van der Waals surface area (Å²) >= 11 is 3.09. The fourth-order valence-corrected chi connectivity index (χ4v) is 4.52. The third-order valence-corrected chi connectivity index (χ3v) is 6.26. The molecule has 1 aromatic carbocycles. The number of carbonyl (C=O) groups is 2. The molecule has 2 atom stereocenters. The van der Waals surface area contributed by atoms with Crippen molar-refractivity contribution < 1.29 is 14.3 Å². The summed E-state index contributed by atoms with van der Waals surface area (Å²) in [6.07, 6.45) is 2.02. The highest BCUT2D eigenvalue weighted by atomic mass is 32.2. The average Bonchev–Trinajstić information content (AvgIpc) is 2.92. The Kier molecular flexibility index (Phi) is 6.01. The molecule has 1 aromatic rings. The molecule has 0 N–H and O–H groups in total. The monoisotopic (exact) mass is 404 g/mol. The van der Waals surface area contributed by atoms with Crippen LogP contribution in [0, 0.1) is 5.92 Å². The van der Waals surface area contributed by atoms with Crippen LogP contribution in [-0.4, -0.2) is 40.1 Å². The van der Waals surface area contributed by atoms with Crippen molar-refractivity contribution >= 4 is 40.6 Å². The summed E-state index contributed by atoms with van der Waals surface area (Å²) in [6.45, 7) is 8.00. The van der Waals surface area contributed by atoms with Gasteiger partial charge in [-0.2, -0.15) is 0 Å². The molecule has 7 heteroatoms. The minimum Gasteiger partial charge on any atom is -0.462 e. The summed E-state index contributed by atoms with van der Waals surface area (Å²) in [5, 5.41) is 0.444. The highest BCUT2D eigenvalue weighted by Crippen LogP contribution is 2.43. The van der Waals surface area contributed by atoms with Crippen LogP contribution in [0.1, 0.15) is 39.3 Å². The number of hydrogen-bond donors (Lipinski definition) is 0. The van der Waals surface area contributed by atoms with E-state index in [-0.39, 0.29) is 17.1 Å². The van der Waals surface area contributed by atoms with E-state index in [4.69, 9.17) is 4.74 Å². The highest BCUT2D eigenvalue weighted by molar-refractivity contribution is 8.15. The van der Waals surface area contributed by atoms with Crippen LogP contribution < -0.4 is 0 Å². The second-order valence-electron chi connectivity index (χ2n) is 7.03. The van der Waals surface area contributed by atoms with E-state index in [0.29, 0.717) is 23.0 Å². The van der Waals surface area contributed by atoms with Gasteiger partial charge in [-0.15, -0.1) is 11.8 Å². The van der Waals surface area contributed by atoms with Crippen molar-refractivity contribution in [3.8, 4) is 0 Å². The molecule has 0 saturated carbocycles. The van der Waals surface area contributed by atoms with Crippen molar-refractivity contribution in [2.45, 2.75) is 43.9 Å². The van der Waals surface area contributed by atoms with E-state index in [9.17, 15) is 9.59 Å². The van der Waals surface area contributed by atoms with E-state index in [0.717, 1.165) is 10.5 Å². The Hall–Kier alpha value is -1.73.